The summed E-state index contributed by atoms with van der Waals surface area (Å²) in [6.07, 6.45) is 1.71. The highest BCUT2D eigenvalue weighted by Gasteiger charge is 2.13. The molecule has 1 N–H and O–H groups in total. The van der Waals surface area contributed by atoms with Crippen molar-refractivity contribution in [3.63, 3.8) is 0 Å². The Morgan fingerprint density at radius 2 is 1.88 bits per heavy atom. The van der Waals surface area contributed by atoms with Crippen molar-refractivity contribution >= 4 is 23.1 Å². The minimum atomic E-state index is -0.506. The van der Waals surface area contributed by atoms with Gasteiger partial charge in [0, 0.05) is 30.8 Å². The van der Waals surface area contributed by atoms with E-state index in [2.05, 4.69) is 15.2 Å². The maximum atomic E-state index is 12.1. The fourth-order valence-corrected chi connectivity index (χ4v) is 2.39. The third-order valence-corrected chi connectivity index (χ3v) is 3.71. The predicted molar refractivity (Wildman–Crippen MR) is 88.3 cm³/mol. The molecule has 1 aliphatic rings. The number of anilines is 2. The summed E-state index contributed by atoms with van der Waals surface area (Å²) in [6.45, 7) is 3.02. The molecule has 2 heterocycles. The quantitative estimate of drug-likeness (QED) is 0.681. The lowest BCUT2D eigenvalue weighted by atomic mass is 10.2. The molecule has 0 spiro atoms. The molecule has 1 saturated heterocycles. The summed E-state index contributed by atoms with van der Waals surface area (Å²) >= 11 is 0. The largest absolute Gasteiger partial charge is 0.378 e. The van der Waals surface area contributed by atoms with E-state index in [1.807, 2.05) is 6.07 Å². The number of ether oxygens (including phenoxy) is 1. The third-order valence-electron chi connectivity index (χ3n) is 3.71. The molecule has 0 unspecified atom stereocenters. The van der Waals surface area contributed by atoms with E-state index in [0.717, 1.165) is 18.8 Å². The average Bonchev–Trinajstić information content (AvgIpc) is 2.63. The zero-order valence-corrected chi connectivity index (χ0v) is 12.8. The summed E-state index contributed by atoms with van der Waals surface area (Å²) in [5.41, 5.74) is 1.26. The van der Waals surface area contributed by atoms with Crippen LogP contribution in [0.5, 0.6) is 0 Å². The van der Waals surface area contributed by atoms with E-state index < -0.39 is 4.92 Å². The Kier molecular flexibility index (Phi) is 4.66. The molecule has 0 bridgehead atoms. The average molecular weight is 328 g/mol. The lowest BCUT2D eigenvalue weighted by molar-refractivity contribution is -0.384. The number of carbonyl (C=O) groups excluding carboxylic acids is 1. The van der Waals surface area contributed by atoms with Gasteiger partial charge in [-0.1, -0.05) is 0 Å². The van der Waals surface area contributed by atoms with Gasteiger partial charge in [0.25, 0.3) is 11.6 Å². The molecule has 8 heteroatoms. The first-order valence-corrected chi connectivity index (χ1v) is 7.48. The number of aromatic nitrogens is 1. The number of morpholine rings is 1. The normalized spacial score (nSPS) is 14.2. The van der Waals surface area contributed by atoms with Gasteiger partial charge in [0.1, 0.15) is 5.82 Å². The number of nitrogens with zero attached hydrogens (tertiary/aromatic N) is 3. The number of nitrogens with one attached hydrogen (secondary N) is 1. The zero-order chi connectivity index (χ0) is 16.9. The third kappa shape index (κ3) is 3.66. The standard InChI is InChI=1S/C16H16N4O4/c21-16(12-1-3-13(4-2-12)20(22)23)18-15-6-5-14(11-17-15)19-7-9-24-10-8-19/h1-6,11H,7-10H2,(H,17,18,21). The molecule has 0 radical (unpaired) electrons. The molecule has 0 aliphatic carbocycles. The summed E-state index contributed by atoms with van der Waals surface area (Å²) in [7, 11) is 0. The first kappa shape index (κ1) is 15.9. The van der Waals surface area contributed by atoms with Crippen molar-refractivity contribution in [3.05, 3.63) is 58.3 Å². The van der Waals surface area contributed by atoms with E-state index in [9.17, 15) is 14.9 Å². The van der Waals surface area contributed by atoms with Crippen LogP contribution in [0, 0.1) is 10.1 Å². The number of rotatable bonds is 4. The van der Waals surface area contributed by atoms with Crippen LogP contribution in [0.25, 0.3) is 0 Å². The van der Waals surface area contributed by atoms with Crippen LogP contribution in [0.2, 0.25) is 0 Å². The number of nitro groups is 1. The predicted octanol–water partition coefficient (Wildman–Crippen LogP) is 2.08. The highest BCUT2D eigenvalue weighted by molar-refractivity contribution is 6.03. The molecule has 0 atom stereocenters. The van der Waals surface area contributed by atoms with Gasteiger partial charge in [-0.15, -0.1) is 0 Å². The van der Waals surface area contributed by atoms with Crippen molar-refractivity contribution < 1.29 is 14.5 Å². The lowest BCUT2D eigenvalue weighted by Gasteiger charge is -2.28. The maximum absolute atomic E-state index is 12.1. The summed E-state index contributed by atoms with van der Waals surface area (Å²) in [5.74, 6) is 0.0619. The van der Waals surface area contributed by atoms with E-state index in [-0.39, 0.29) is 11.6 Å². The van der Waals surface area contributed by atoms with Gasteiger partial charge in [-0.2, -0.15) is 0 Å². The maximum Gasteiger partial charge on any atom is 0.269 e. The topological polar surface area (TPSA) is 97.6 Å². The van der Waals surface area contributed by atoms with Crippen LogP contribution in [0.1, 0.15) is 10.4 Å². The number of pyridine rings is 1. The highest BCUT2D eigenvalue weighted by Crippen LogP contribution is 2.17. The Morgan fingerprint density at radius 1 is 1.17 bits per heavy atom. The minimum absolute atomic E-state index is 0.0560. The van der Waals surface area contributed by atoms with Gasteiger partial charge >= 0.3 is 0 Å². The van der Waals surface area contributed by atoms with Gasteiger partial charge in [-0.3, -0.25) is 14.9 Å². The van der Waals surface area contributed by atoms with Crippen LogP contribution in [0.4, 0.5) is 17.2 Å². The monoisotopic (exact) mass is 328 g/mol. The number of nitro benzene ring substituents is 1. The number of benzene rings is 1. The van der Waals surface area contributed by atoms with Gasteiger partial charge in [-0.25, -0.2) is 4.98 Å². The molecule has 2 aromatic rings. The summed E-state index contributed by atoms with van der Waals surface area (Å²) in [6, 6.07) is 9.04. The van der Waals surface area contributed by atoms with Crippen LogP contribution in [-0.4, -0.2) is 42.1 Å². The SMILES string of the molecule is O=C(Nc1ccc(N2CCOCC2)cn1)c1ccc([N+](=O)[O-])cc1. The summed E-state index contributed by atoms with van der Waals surface area (Å²) in [4.78, 5) is 28.7. The van der Waals surface area contributed by atoms with Crippen LogP contribution in [0.15, 0.2) is 42.6 Å². The van der Waals surface area contributed by atoms with Crippen molar-refractivity contribution in [2.24, 2.45) is 0 Å². The second kappa shape index (κ2) is 7.05. The van der Waals surface area contributed by atoms with Crippen molar-refractivity contribution in [2.45, 2.75) is 0 Å². The molecule has 1 fully saturated rings. The van der Waals surface area contributed by atoms with Gasteiger partial charge in [0.05, 0.1) is 30.0 Å². The van der Waals surface area contributed by atoms with E-state index in [1.54, 1.807) is 12.3 Å². The van der Waals surface area contributed by atoms with Crippen molar-refractivity contribution in [3.8, 4) is 0 Å². The van der Waals surface area contributed by atoms with Gasteiger partial charge in [-0.05, 0) is 24.3 Å². The first-order chi connectivity index (χ1) is 11.6. The minimum Gasteiger partial charge on any atom is -0.378 e. The van der Waals surface area contributed by atoms with Crippen LogP contribution >= 0.6 is 0 Å². The summed E-state index contributed by atoms with van der Waals surface area (Å²) < 4.78 is 5.31. The number of hydrogen-bond donors (Lipinski definition) is 1. The number of carbonyl (C=O) groups is 1. The molecule has 1 aromatic carbocycles. The van der Waals surface area contributed by atoms with Gasteiger partial charge < -0.3 is 15.0 Å². The second-order valence-electron chi connectivity index (χ2n) is 5.26. The summed E-state index contributed by atoms with van der Waals surface area (Å²) in [5, 5.41) is 13.3. The van der Waals surface area contributed by atoms with Crippen LogP contribution in [-0.2, 0) is 4.74 Å². The fraction of sp³-hybridized carbons (Fsp3) is 0.250. The smallest absolute Gasteiger partial charge is 0.269 e. The molecule has 124 valence electrons. The van der Waals surface area contributed by atoms with E-state index in [1.165, 1.54) is 24.3 Å². The number of amides is 1. The molecule has 1 amide bonds. The Balaban J connectivity index is 1.64. The van der Waals surface area contributed by atoms with Gasteiger partial charge in [0.2, 0.25) is 0 Å². The lowest BCUT2D eigenvalue weighted by Crippen LogP contribution is -2.36. The molecule has 24 heavy (non-hydrogen) atoms. The zero-order valence-electron chi connectivity index (χ0n) is 12.8. The van der Waals surface area contributed by atoms with Crippen LogP contribution < -0.4 is 10.2 Å². The molecule has 3 rings (SSSR count). The van der Waals surface area contributed by atoms with Crippen molar-refractivity contribution in [1.82, 2.24) is 4.98 Å². The Hall–Kier alpha value is -3.00. The molecule has 1 aromatic heterocycles. The van der Waals surface area contributed by atoms with Gasteiger partial charge in [0.15, 0.2) is 0 Å². The Morgan fingerprint density at radius 3 is 2.46 bits per heavy atom. The first-order valence-electron chi connectivity index (χ1n) is 7.48. The van der Waals surface area contributed by atoms with E-state index >= 15 is 0 Å². The van der Waals surface area contributed by atoms with Crippen molar-refractivity contribution in [2.75, 3.05) is 36.5 Å². The number of non-ortho nitro benzene ring substituents is 1. The fourth-order valence-electron chi connectivity index (χ4n) is 2.39. The molecule has 8 nitrogen and oxygen atoms in total. The highest BCUT2D eigenvalue weighted by atomic mass is 16.6. The molecular weight excluding hydrogens is 312 g/mol. The molecule has 1 aliphatic heterocycles. The van der Waals surface area contributed by atoms with Crippen molar-refractivity contribution in [1.29, 1.82) is 0 Å². The van der Waals surface area contributed by atoms with E-state index in [0.29, 0.717) is 24.6 Å². The molecule has 0 saturated carbocycles. The second-order valence-corrected chi connectivity index (χ2v) is 5.26. The number of hydrogen-bond acceptors (Lipinski definition) is 6. The molecular formula is C16H16N4O4. The Labute approximate surface area is 138 Å². The van der Waals surface area contributed by atoms with Crippen LogP contribution in [0.3, 0.4) is 0 Å². The van der Waals surface area contributed by atoms with E-state index in [4.69, 9.17) is 4.74 Å². The Bertz CT molecular complexity index is 725.